The fraction of sp³-hybridized carbons (Fsp3) is 0.474. The van der Waals surface area contributed by atoms with Crippen molar-refractivity contribution in [1.82, 2.24) is 15.0 Å². The third-order valence-electron chi connectivity index (χ3n) is 4.86. The molecule has 1 N–H and O–H groups in total. The molecular weight excluding hydrogens is 334 g/mol. The summed E-state index contributed by atoms with van der Waals surface area (Å²) in [5, 5.41) is 4.12. The second-order valence-electron chi connectivity index (χ2n) is 7.09. The van der Waals surface area contributed by atoms with Crippen LogP contribution >= 0.6 is 11.6 Å². The van der Waals surface area contributed by atoms with Gasteiger partial charge in [-0.25, -0.2) is 4.99 Å². The third kappa shape index (κ3) is 4.15. The second-order valence-corrected chi connectivity index (χ2v) is 7.52. The summed E-state index contributed by atoms with van der Waals surface area (Å²) in [5.74, 6) is 3.02. The summed E-state index contributed by atoms with van der Waals surface area (Å²) < 4.78 is 0. The molecule has 1 heterocycles. The van der Waals surface area contributed by atoms with E-state index in [0.717, 1.165) is 17.2 Å². The van der Waals surface area contributed by atoms with Gasteiger partial charge in [-0.2, -0.15) is 15.0 Å². The van der Waals surface area contributed by atoms with E-state index >= 15 is 0 Å². The quantitative estimate of drug-likeness (QED) is 0.748. The van der Waals surface area contributed by atoms with Crippen LogP contribution in [0.15, 0.2) is 29.3 Å². The average Bonchev–Trinajstić information content (AvgIpc) is 3.48. The second kappa shape index (κ2) is 6.71. The topological polar surface area (TPSA) is 63.1 Å². The van der Waals surface area contributed by atoms with Crippen LogP contribution in [0.3, 0.4) is 0 Å². The van der Waals surface area contributed by atoms with Gasteiger partial charge in [-0.3, -0.25) is 0 Å². The smallest absolute Gasteiger partial charge is 0.254 e. The van der Waals surface area contributed by atoms with Crippen LogP contribution in [0.5, 0.6) is 0 Å². The Morgan fingerprint density at radius 1 is 1.12 bits per heavy atom. The van der Waals surface area contributed by atoms with E-state index in [-0.39, 0.29) is 0 Å². The van der Waals surface area contributed by atoms with E-state index in [9.17, 15) is 0 Å². The predicted octanol–water partition coefficient (Wildman–Crippen LogP) is 4.90. The fourth-order valence-electron chi connectivity index (χ4n) is 2.88. The summed E-state index contributed by atoms with van der Waals surface area (Å²) in [7, 11) is 0. The molecule has 2 aliphatic rings. The number of aliphatic imine (C=N–C) groups is 1. The lowest BCUT2D eigenvalue weighted by Gasteiger charge is -2.13. The van der Waals surface area contributed by atoms with Gasteiger partial charge in [0.1, 0.15) is 0 Å². The third-order valence-corrected chi connectivity index (χ3v) is 5.11. The van der Waals surface area contributed by atoms with Gasteiger partial charge in [0.25, 0.3) is 5.95 Å². The Morgan fingerprint density at radius 2 is 1.84 bits per heavy atom. The molecule has 4 rings (SSSR count). The number of hydrogen-bond donors (Lipinski definition) is 1. The van der Waals surface area contributed by atoms with Crippen molar-refractivity contribution in [2.45, 2.75) is 45.6 Å². The monoisotopic (exact) mass is 355 g/mol. The maximum atomic E-state index is 6.00. The van der Waals surface area contributed by atoms with Gasteiger partial charge in [-0.15, -0.1) is 0 Å². The van der Waals surface area contributed by atoms with Crippen LogP contribution in [0.25, 0.3) is 11.4 Å². The Morgan fingerprint density at radius 3 is 2.48 bits per heavy atom. The molecule has 6 heteroatoms. The number of nitrogens with zero attached hydrogens (tertiary/aromatic N) is 4. The molecule has 2 aromatic rings. The molecule has 1 aromatic heterocycles. The maximum Gasteiger partial charge on any atom is 0.254 e. The summed E-state index contributed by atoms with van der Waals surface area (Å²) in [4.78, 5) is 18.3. The van der Waals surface area contributed by atoms with Crippen LogP contribution in [0.4, 0.5) is 11.9 Å². The number of hydrogen-bond acceptors (Lipinski definition) is 5. The Bertz CT molecular complexity index is 794. The van der Waals surface area contributed by atoms with Crippen LogP contribution in [0.1, 0.15) is 39.5 Å². The molecule has 2 fully saturated rings. The van der Waals surface area contributed by atoms with Gasteiger partial charge < -0.3 is 5.32 Å². The highest BCUT2D eigenvalue weighted by atomic mass is 35.5. The molecule has 2 aliphatic carbocycles. The Kier molecular flexibility index (Phi) is 4.42. The van der Waals surface area contributed by atoms with Gasteiger partial charge in [0.15, 0.2) is 5.82 Å². The molecule has 1 atom stereocenters. The molecule has 0 saturated heterocycles. The van der Waals surface area contributed by atoms with Crippen LogP contribution in [-0.4, -0.2) is 26.7 Å². The van der Waals surface area contributed by atoms with Crippen LogP contribution in [-0.2, 0) is 0 Å². The lowest BCUT2D eigenvalue weighted by molar-refractivity contribution is 0.685. The predicted molar refractivity (Wildman–Crippen MR) is 102 cm³/mol. The van der Waals surface area contributed by atoms with Crippen LogP contribution in [0.2, 0.25) is 5.02 Å². The van der Waals surface area contributed by atoms with Crippen LogP contribution in [0, 0.1) is 11.8 Å². The first-order chi connectivity index (χ1) is 12.1. The number of halogens is 1. The highest BCUT2D eigenvalue weighted by molar-refractivity contribution is 6.30. The minimum Gasteiger partial charge on any atom is -0.351 e. The van der Waals surface area contributed by atoms with E-state index < -0.39 is 0 Å². The van der Waals surface area contributed by atoms with Gasteiger partial charge in [-0.05, 0) is 75.6 Å². The number of aromatic nitrogens is 3. The molecule has 0 spiro atoms. The molecule has 0 bridgehead atoms. The van der Waals surface area contributed by atoms with Crippen molar-refractivity contribution in [1.29, 1.82) is 0 Å². The van der Waals surface area contributed by atoms with Crippen LogP contribution < -0.4 is 5.32 Å². The van der Waals surface area contributed by atoms with Crippen molar-refractivity contribution < 1.29 is 0 Å². The molecule has 0 unspecified atom stereocenters. The van der Waals surface area contributed by atoms with Crippen molar-refractivity contribution in [2.24, 2.45) is 16.8 Å². The largest absolute Gasteiger partial charge is 0.351 e. The number of anilines is 1. The molecule has 0 aliphatic heterocycles. The van der Waals surface area contributed by atoms with Gasteiger partial charge in [0, 0.05) is 22.3 Å². The normalized spacial score (nSPS) is 18.9. The van der Waals surface area contributed by atoms with Gasteiger partial charge >= 0.3 is 0 Å². The van der Waals surface area contributed by atoms with E-state index in [2.05, 4.69) is 39.1 Å². The highest BCUT2D eigenvalue weighted by Gasteiger charge is 2.29. The standard InChI is InChI=1S/C19H22ClN5/c1-11(13-3-4-13)21-18-23-17(15-7-9-16(20)10-8-15)24-19(25-18)22-12(2)14-5-6-14/h7-11,13-14H,3-6H2,1-2H3,(H,21,23,24,25)/b22-12+/t11-/m1/s1. The molecule has 0 amide bonds. The molecule has 0 radical (unpaired) electrons. The SMILES string of the molecule is C/C(=N\c1nc(N[C@H](C)C2CC2)nc(-c2ccc(Cl)cc2)n1)C1CC1. The van der Waals surface area contributed by atoms with Gasteiger partial charge in [0.05, 0.1) is 0 Å². The van der Waals surface area contributed by atoms with Gasteiger partial charge in [-0.1, -0.05) is 11.6 Å². The zero-order chi connectivity index (χ0) is 17.4. The lowest BCUT2D eigenvalue weighted by atomic mass is 10.2. The molecule has 2 saturated carbocycles. The summed E-state index contributed by atoms with van der Waals surface area (Å²) >= 11 is 6.00. The Balaban J connectivity index is 1.68. The minimum atomic E-state index is 0.363. The molecule has 1 aromatic carbocycles. The first-order valence-electron chi connectivity index (χ1n) is 8.92. The average molecular weight is 356 g/mol. The Labute approximate surface area is 153 Å². The Hall–Kier alpha value is -2.01. The van der Waals surface area contributed by atoms with E-state index in [4.69, 9.17) is 11.6 Å². The first kappa shape index (κ1) is 16.5. The molecule has 5 nitrogen and oxygen atoms in total. The van der Waals surface area contributed by atoms with Crippen molar-refractivity contribution in [3.8, 4) is 11.4 Å². The van der Waals surface area contributed by atoms with Crippen molar-refractivity contribution >= 4 is 29.2 Å². The summed E-state index contributed by atoms with van der Waals surface area (Å²) in [6.45, 7) is 4.24. The minimum absolute atomic E-state index is 0.363. The molecule has 25 heavy (non-hydrogen) atoms. The van der Waals surface area contributed by atoms with E-state index in [0.29, 0.717) is 34.7 Å². The first-order valence-corrected chi connectivity index (χ1v) is 9.30. The number of nitrogens with one attached hydrogen (secondary N) is 1. The van der Waals surface area contributed by atoms with Gasteiger partial charge in [0.2, 0.25) is 5.95 Å². The summed E-state index contributed by atoms with van der Waals surface area (Å²) in [6.07, 6.45) is 4.98. The van der Waals surface area contributed by atoms with E-state index in [1.165, 1.54) is 25.7 Å². The summed E-state index contributed by atoms with van der Waals surface area (Å²) in [6, 6.07) is 7.90. The molecular formula is C19H22ClN5. The molecule has 130 valence electrons. The highest BCUT2D eigenvalue weighted by Crippen LogP contribution is 2.34. The lowest BCUT2D eigenvalue weighted by Crippen LogP contribution is -2.19. The van der Waals surface area contributed by atoms with Crippen molar-refractivity contribution in [3.63, 3.8) is 0 Å². The zero-order valence-corrected chi connectivity index (χ0v) is 15.3. The van der Waals surface area contributed by atoms with Crippen molar-refractivity contribution in [2.75, 3.05) is 5.32 Å². The van der Waals surface area contributed by atoms with E-state index in [1.54, 1.807) is 0 Å². The summed E-state index contributed by atoms with van der Waals surface area (Å²) in [5.41, 5.74) is 2.02. The fourth-order valence-corrected chi connectivity index (χ4v) is 3.00. The van der Waals surface area contributed by atoms with Crippen molar-refractivity contribution in [3.05, 3.63) is 29.3 Å². The maximum absolute atomic E-state index is 6.00. The number of rotatable bonds is 6. The zero-order valence-electron chi connectivity index (χ0n) is 14.5. The number of benzene rings is 1. The van der Waals surface area contributed by atoms with E-state index in [1.807, 2.05) is 24.3 Å².